The third-order valence-corrected chi connectivity index (χ3v) is 5.98. The van der Waals surface area contributed by atoms with E-state index in [2.05, 4.69) is 15.2 Å². The number of likely N-dealkylation sites (tertiary alicyclic amines) is 2. The lowest BCUT2D eigenvalue weighted by molar-refractivity contribution is -0.138. The highest BCUT2D eigenvalue weighted by atomic mass is 16.2. The molecule has 4 rings (SSSR count). The summed E-state index contributed by atoms with van der Waals surface area (Å²) >= 11 is 0. The largest absolute Gasteiger partial charge is 0.342 e. The van der Waals surface area contributed by atoms with Crippen molar-refractivity contribution in [3.05, 3.63) is 36.2 Å². The van der Waals surface area contributed by atoms with E-state index in [1.54, 1.807) is 12.3 Å². The minimum absolute atomic E-state index is 0.0150. The first-order chi connectivity index (χ1) is 13.1. The van der Waals surface area contributed by atoms with Gasteiger partial charge in [-0.2, -0.15) is 5.10 Å². The van der Waals surface area contributed by atoms with Crippen molar-refractivity contribution in [2.75, 3.05) is 26.2 Å². The summed E-state index contributed by atoms with van der Waals surface area (Å²) in [6.07, 6.45) is 5.19. The molecular weight excluding hydrogens is 342 g/mol. The highest BCUT2D eigenvalue weighted by Gasteiger charge is 2.41. The van der Waals surface area contributed by atoms with E-state index < -0.39 is 0 Å². The Morgan fingerprint density at radius 3 is 2.74 bits per heavy atom. The van der Waals surface area contributed by atoms with E-state index >= 15 is 0 Å². The molecule has 2 fully saturated rings. The lowest BCUT2D eigenvalue weighted by Crippen LogP contribution is -2.52. The quantitative estimate of drug-likeness (QED) is 0.903. The topological polar surface area (TPSA) is 82.2 Å². The SMILES string of the molecule is CCN1CC2(CCC1=O)CCN(C(=O)c1cc(-c3ccccn3)n[nH]1)CC2. The molecule has 27 heavy (non-hydrogen) atoms. The molecule has 142 valence electrons. The highest BCUT2D eigenvalue weighted by Crippen LogP contribution is 2.40. The van der Waals surface area contributed by atoms with Gasteiger partial charge >= 0.3 is 0 Å². The Morgan fingerprint density at radius 2 is 2.04 bits per heavy atom. The number of rotatable bonds is 3. The number of carbonyl (C=O) groups is 2. The minimum atomic E-state index is -0.0150. The standard InChI is InChI=1S/C20H25N5O2/c1-2-24-14-20(7-6-18(24)26)8-11-25(12-9-20)19(27)17-13-16(22-23-17)15-5-3-4-10-21-15/h3-5,10,13H,2,6-9,11-12,14H2,1H3,(H,22,23). The van der Waals surface area contributed by atoms with Crippen LogP contribution in [0.25, 0.3) is 11.4 Å². The number of piperidine rings is 2. The van der Waals surface area contributed by atoms with Gasteiger partial charge in [-0.15, -0.1) is 0 Å². The summed E-state index contributed by atoms with van der Waals surface area (Å²) in [7, 11) is 0. The van der Waals surface area contributed by atoms with Gasteiger partial charge in [-0.3, -0.25) is 19.7 Å². The maximum Gasteiger partial charge on any atom is 0.271 e. The van der Waals surface area contributed by atoms with Crippen LogP contribution in [-0.2, 0) is 4.79 Å². The Balaban J connectivity index is 1.41. The molecule has 2 saturated heterocycles. The number of aromatic nitrogens is 3. The van der Waals surface area contributed by atoms with Crippen LogP contribution in [0.4, 0.5) is 0 Å². The summed E-state index contributed by atoms with van der Waals surface area (Å²) in [6, 6.07) is 7.40. The van der Waals surface area contributed by atoms with Crippen molar-refractivity contribution < 1.29 is 9.59 Å². The zero-order valence-electron chi connectivity index (χ0n) is 15.6. The van der Waals surface area contributed by atoms with E-state index in [0.717, 1.165) is 51.1 Å². The molecule has 4 heterocycles. The molecule has 2 aromatic rings. The van der Waals surface area contributed by atoms with Crippen LogP contribution >= 0.6 is 0 Å². The van der Waals surface area contributed by atoms with Crippen LogP contribution in [0.15, 0.2) is 30.5 Å². The second-order valence-corrected chi connectivity index (χ2v) is 7.58. The fourth-order valence-corrected chi connectivity index (χ4v) is 4.23. The van der Waals surface area contributed by atoms with Crippen LogP contribution in [0.5, 0.6) is 0 Å². The van der Waals surface area contributed by atoms with Crippen molar-refractivity contribution in [2.24, 2.45) is 5.41 Å². The third-order valence-electron chi connectivity index (χ3n) is 5.98. The van der Waals surface area contributed by atoms with Crippen molar-refractivity contribution >= 4 is 11.8 Å². The van der Waals surface area contributed by atoms with E-state index in [-0.39, 0.29) is 17.2 Å². The summed E-state index contributed by atoms with van der Waals surface area (Å²) in [4.78, 5) is 33.0. The Labute approximate surface area is 158 Å². The molecule has 0 unspecified atom stereocenters. The summed E-state index contributed by atoms with van der Waals surface area (Å²) in [5, 5.41) is 7.10. The summed E-state index contributed by atoms with van der Waals surface area (Å²) in [6.45, 7) is 5.09. The van der Waals surface area contributed by atoms with Crippen LogP contribution < -0.4 is 0 Å². The predicted molar refractivity (Wildman–Crippen MR) is 101 cm³/mol. The predicted octanol–water partition coefficient (Wildman–Crippen LogP) is 2.34. The van der Waals surface area contributed by atoms with Crippen LogP contribution in [-0.4, -0.2) is 63.0 Å². The van der Waals surface area contributed by atoms with Crippen LogP contribution in [0.1, 0.15) is 43.1 Å². The van der Waals surface area contributed by atoms with Gasteiger partial charge in [0.2, 0.25) is 5.91 Å². The average Bonchev–Trinajstić information content (AvgIpc) is 3.21. The molecule has 0 atom stereocenters. The first-order valence-corrected chi connectivity index (χ1v) is 9.64. The molecule has 0 aromatic carbocycles. The normalized spacial score (nSPS) is 19.5. The Kier molecular flexibility index (Phi) is 4.68. The van der Waals surface area contributed by atoms with Gasteiger partial charge in [-0.25, -0.2) is 0 Å². The summed E-state index contributed by atoms with van der Waals surface area (Å²) < 4.78 is 0. The molecule has 0 aliphatic carbocycles. The lowest BCUT2D eigenvalue weighted by atomic mass is 9.72. The van der Waals surface area contributed by atoms with Crippen molar-refractivity contribution in [3.63, 3.8) is 0 Å². The fraction of sp³-hybridized carbons (Fsp3) is 0.500. The van der Waals surface area contributed by atoms with Crippen LogP contribution in [0.3, 0.4) is 0 Å². The maximum atomic E-state index is 12.9. The third kappa shape index (κ3) is 3.46. The van der Waals surface area contributed by atoms with Gasteiger partial charge < -0.3 is 9.80 Å². The Morgan fingerprint density at radius 1 is 1.22 bits per heavy atom. The zero-order valence-corrected chi connectivity index (χ0v) is 15.6. The number of nitrogens with zero attached hydrogens (tertiary/aromatic N) is 4. The molecule has 0 radical (unpaired) electrons. The summed E-state index contributed by atoms with van der Waals surface area (Å²) in [5.74, 6) is 0.250. The molecule has 2 aromatic heterocycles. The van der Waals surface area contributed by atoms with Gasteiger partial charge in [0.25, 0.3) is 5.91 Å². The van der Waals surface area contributed by atoms with E-state index in [1.807, 2.05) is 34.9 Å². The van der Waals surface area contributed by atoms with E-state index in [0.29, 0.717) is 17.8 Å². The lowest BCUT2D eigenvalue weighted by Gasteiger charge is -2.47. The first kappa shape index (κ1) is 17.7. The van der Waals surface area contributed by atoms with Crippen molar-refractivity contribution in [1.29, 1.82) is 0 Å². The molecule has 1 N–H and O–H groups in total. The minimum Gasteiger partial charge on any atom is -0.342 e. The van der Waals surface area contributed by atoms with E-state index in [1.165, 1.54) is 0 Å². The molecule has 0 saturated carbocycles. The molecule has 7 heteroatoms. The molecule has 1 spiro atoms. The second-order valence-electron chi connectivity index (χ2n) is 7.58. The van der Waals surface area contributed by atoms with Gasteiger partial charge in [-0.05, 0) is 49.8 Å². The van der Waals surface area contributed by atoms with E-state index in [4.69, 9.17) is 0 Å². The number of carbonyl (C=O) groups excluding carboxylic acids is 2. The highest BCUT2D eigenvalue weighted by molar-refractivity contribution is 5.93. The molecule has 2 aliphatic heterocycles. The van der Waals surface area contributed by atoms with Crippen molar-refractivity contribution in [3.8, 4) is 11.4 Å². The van der Waals surface area contributed by atoms with E-state index in [9.17, 15) is 9.59 Å². The zero-order chi connectivity index (χ0) is 18.9. The molecule has 7 nitrogen and oxygen atoms in total. The van der Waals surface area contributed by atoms with Gasteiger partial charge in [0.1, 0.15) is 11.4 Å². The number of pyridine rings is 1. The number of hydrogen-bond donors (Lipinski definition) is 1. The first-order valence-electron chi connectivity index (χ1n) is 9.64. The number of amides is 2. The monoisotopic (exact) mass is 367 g/mol. The molecule has 0 bridgehead atoms. The molecule has 2 amide bonds. The van der Waals surface area contributed by atoms with Crippen LogP contribution in [0.2, 0.25) is 0 Å². The van der Waals surface area contributed by atoms with Gasteiger partial charge in [0.05, 0.1) is 5.69 Å². The molecular formula is C20H25N5O2. The van der Waals surface area contributed by atoms with Gasteiger partial charge in [-0.1, -0.05) is 6.07 Å². The number of hydrogen-bond acceptors (Lipinski definition) is 4. The second kappa shape index (κ2) is 7.13. The Bertz CT molecular complexity index is 824. The Hall–Kier alpha value is -2.70. The number of aromatic amines is 1. The number of nitrogens with one attached hydrogen (secondary N) is 1. The smallest absolute Gasteiger partial charge is 0.271 e. The van der Waals surface area contributed by atoms with Gasteiger partial charge in [0, 0.05) is 38.8 Å². The molecule has 2 aliphatic rings. The van der Waals surface area contributed by atoms with Gasteiger partial charge in [0.15, 0.2) is 0 Å². The number of H-pyrrole nitrogens is 1. The average molecular weight is 367 g/mol. The van der Waals surface area contributed by atoms with Crippen molar-refractivity contribution in [2.45, 2.75) is 32.6 Å². The van der Waals surface area contributed by atoms with Crippen LogP contribution in [0, 0.1) is 5.41 Å². The fourth-order valence-electron chi connectivity index (χ4n) is 4.23. The van der Waals surface area contributed by atoms with Crippen molar-refractivity contribution in [1.82, 2.24) is 25.0 Å². The maximum absolute atomic E-state index is 12.9. The summed E-state index contributed by atoms with van der Waals surface area (Å²) in [5.41, 5.74) is 2.10.